The topological polar surface area (TPSA) is 49.6 Å². The van der Waals surface area contributed by atoms with Crippen molar-refractivity contribution in [1.82, 2.24) is 4.90 Å². The van der Waals surface area contributed by atoms with Crippen LogP contribution in [0, 0.1) is 11.8 Å². The fourth-order valence-corrected chi connectivity index (χ4v) is 4.48. The highest BCUT2D eigenvalue weighted by Gasteiger charge is 2.36. The maximum Gasteiger partial charge on any atom is 0.253 e. The van der Waals surface area contributed by atoms with Gasteiger partial charge in [-0.15, -0.1) is 0 Å². The highest BCUT2D eigenvalue weighted by Crippen LogP contribution is 2.32. The lowest BCUT2D eigenvalue weighted by Crippen LogP contribution is -2.54. The van der Waals surface area contributed by atoms with Gasteiger partial charge in [0.2, 0.25) is 0 Å². The zero-order valence-electron chi connectivity index (χ0n) is 15.8. The highest BCUT2D eigenvalue weighted by atomic mass is 16.2. The van der Waals surface area contributed by atoms with Crippen LogP contribution in [0.15, 0.2) is 54.6 Å². The third kappa shape index (κ3) is 3.85. The van der Waals surface area contributed by atoms with Crippen LogP contribution < -0.4 is 10.6 Å². The molecule has 140 valence electrons. The Labute approximate surface area is 161 Å². The summed E-state index contributed by atoms with van der Waals surface area (Å²) in [6.07, 6.45) is 5.43. The summed E-state index contributed by atoms with van der Waals surface area (Å²) in [6, 6.07) is 16.0. The summed E-state index contributed by atoms with van der Waals surface area (Å²) in [7, 11) is 0. The number of amides is 1. The zero-order valence-corrected chi connectivity index (χ0v) is 15.8. The van der Waals surface area contributed by atoms with Crippen LogP contribution in [0.4, 0.5) is 11.4 Å². The van der Waals surface area contributed by atoms with Crippen LogP contribution in [0.25, 0.3) is 6.08 Å². The molecule has 2 aromatic carbocycles. The molecular weight excluding hydrogens is 334 g/mol. The van der Waals surface area contributed by atoms with Crippen molar-refractivity contribution >= 4 is 23.4 Å². The summed E-state index contributed by atoms with van der Waals surface area (Å²) in [5.41, 5.74) is 9.71. The molecule has 2 atom stereocenters. The SMILES string of the molecule is C/C=C/c1cccc(N2CC3CC(CN(C(=O)c4ccc(N)cc4)C3)C2)c1. The zero-order chi connectivity index (χ0) is 18.8. The number of fused-ring (bicyclic) bond motifs is 2. The molecule has 4 rings (SSSR count). The summed E-state index contributed by atoms with van der Waals surface area (Å²) in [6.45, 7) is 5.75. The first-order chi connectivity index (χ1) is 13.1. The number of hydrogen-bond acceptors (Lipinski definition) is 3. The van der Waals surface area contributed by atoms with Crippen LogP contribution in [0.3, 0.4) is 0 Å². The number of hydrogen-bond donors (Lipinski definition) is 1. The predicted octanol–water partition coefficient (Wildman–Crippen LogP) is 3.90. The van der Waals surface area contributed by atoms with E-state index in [-0.39, 0.29) is 5.91 Å². The summed E-state index contributed by atoms with van der Waals surface area (Å²) >= 11 is 0. The number of nitrogens with two attached hydrogens (primary N) is 1. The molecule has 1 amide bonds. The van der Waals surface area contributed by atoms with E-state index in [1.807, 2.05) is 24.0 Å². The second-order valence-corrected chi connectivity index (χ2v) is 7.80. The molecule has 4 heteroatoms. The van der Waals surface area contributed by atoms with Crippen molar-refractivity contribution in [2.45, 2.75) is 13.3 Å². The molecule has 0 aromatic heterocycles. The summed E-state index contributed by atoms with van der Waals surface area (Å²) in [4.78, 5) is 17.4. The Balaban J connectivity index is 1.46. The molecular formula is C23H27N3O. The van der Waals surface area contributed by atoms with Crippen molar-refractivity contribution in [1.29, 1.82) is 0 Å². The van der Waals surface area contributed by atoms with Gasteiger partial charge in [0.15, 0.2) is 0 Å². The number of carbonyl (C=O) groups excluding carboxylic acids is 1. The fraction of sp³-hybridized carbons (Fsp3) is 0.348. The van der Waals surface area contributed by atoms with E-state index in [4.69, 9.17) is 5.73 Å². The molecule has 0 radical (unpaired) electrons. The summed E-state index contributed by atoms with van der Waals surface area (Å²) < 4.78 is 0. The van der Waals surface area contributed by atoms with Gasteiger partial charge >= 0.3 is 0 Å². The molecule has 2 N–H and O–H groups in total. The molecule has 2 aromatic rings. The van der Waals surface area contributed by atoms with Crippen LogP contribution >= 0.6 is 0 Å². The monoisotopic (exact) mass is 361 g/mol. The molecule has 2 saturated heterocycles. The number of allylic oxidation sites excluding steroid dienone is 1. The van der Waals surface area contributed by atoms with Gasteiger partial charge in [0, 0.05) is 43.1 Å². The minimum Gasteiger partial charge on any atom is -0.399 e. The third-order valence-corrected chi connectivity index (χ3v) is 5.62. The maximum absolute atomic E-state index is 12.9. The Morgan fingerprint density at radius 3 is 2.41 bits per heavy atom. The lowest BCUT2D eigenvalue weighted by atomic mass is 9.84. The van der Waals surface area contributed by atoms with Gasteiger partial charge in [0.1, 0.15) is 0 Å². The van der Waals surface area contributed by atoms with E-state index in [1.54, 1.807) is 12.1 Å². The van der Waals surface area contributed by atoms with Gasteiger partial charge in [-0.25, -0.2) is 0 Å². The standard InChI is InChI=1S/C23H27N3O/c1-2-4-17-5-3-6-22(12-17)25-13-18-11-19(14-25)16-26(15-18)23(27)20-7-9-21(24)10-8-20/h2-10,12,18-19H,11,13-16,24H2,1H3/b4-2+. The van der Waals surface area contributed by atoms with Crippen LogP contribution in [-0.4, -0.2) is 37.0 Å². The van der Waals surface area contributed by atoms with Gasteiger partial charge in [0.25, 0.3) is 5.91 Å². The van der Waals surface area contributed by atoms with E-state index >= 15 is 0 Å². The molecule has 2 aliphatic rings. The normalized spacial score (nSPS) is 22.3. The minimum absolute atomic E-state index is 0.133. The van der Waals surface area contributed by atoms with Crippen molar-refractivity contribution in [3.05, 3.63) is 65.7 Å². The van der Waals surface area contributed by atoms with Gasteiger partial charge in [-0.2, -0.15) is 0 Å². The van der Waals surface area contributed by atoms with Crippen molar-refractivity contribution < 1.29 is 4.79 Å². The molecule has 2 heterocycles. The van der Waals surface area contributed by atoms with Crippen molar-refractivity contribution in [2.24, 2.45) is 11.8 Å². The number of rotatable bonds is 3. The lowest BCUT2D eigenvalue weighted by Gasteiger charge is -2.46. The van der Waals surface area contributed by atoms with Gasteiger partial charge in [-0.1, -0.05) is 24.3 Å². The van der Waals surface area contributed by atoms with E-state index in [0.717, 1.165) is 31.7 Å². The first-order valence-electron chi connectivity index (χ1n) is 9.75. The Morgan fingerprint density at radius 1 is 1.04 bits per heavy atom. The van der Waals surface area contributed by atoms with E-state index in [0.29, 0.717) is 17.5 Å². The van der Waals surface area contributed by atoms with Gasteiger partial charge < -0.3 is 15.5 Å². The smallest absolute Gasteiger partial charge is 0.253 e. The number of carbonyl (C=O) groups is 1. The molecule has 27 heavy (non-hydrogen) atoms. The van der Waals surface area contributed by atoms with Crippen molar-refractivity contribution in [2.75, 3.05) is 36.8 Å². The number of likely N-dealkylation sites (tertiary alicyclic amines) is 1. The maximum atomic E-state index is 12.9. The Bertz CT molecular complexity index is 829. The Morgan fingerprint density at radius 2 is 1.74 bits per heavy atom. The lowest BCUT2D eigenvalue weighted by molar-refractivity contribution is 0.0565. The number of nitrogen functional groups attached to an aromatic ring is 1. The average Bonchev–Trinajstić information content (AvgIpc) is 2.68. The second kappa shape index (κ2) is 7.47. The number of piperidine rings is 2. The molecule has 2 fully saturated rings. The van der Waals surface area contributed by atoms with Crippen LogP contribution in [0.2, 0.25) is 0 Å². The number of anilines is 2. The van der Waals surface area contributed by atoms with Crippen molar-refractivity contribution in [3.8, 4) is 0 Å². The molecule has 4 nitrogen and oxygen atoms in total. The van der Waals surface area contributed by atoms with Gasteiger partial charge in [-0.05, 0) is 67.1 Å². The van der Waals surface area contributed by atoms with Crippen LogP contribution in [-0.2, 0) is 0 Å². The van der Waals surface area contributed by atoms with E-state index in [9.17, 15) is 4.79 Å². The molecule has 0 spiro atoms. The number of benzene rings is 2. The Hall–Kier alpha value is -2.75. The average molecular weight is 361 g/mol. The van der Waals surface area contributed by atoms with Gasteiger partial charge in [0.05, 0.1) is 0 Å². The number of nitrogens with zero attached hydrogens (tertiary/aromatic N) is 2. The molecule has 2 bridgehead atoms. The fourth-order valence-electron chi connectivity index (χ4n) is 4.48. The largest absolute Gasteiger partial charge is 0.399 e. The molecule has 0 aliphatic carbocycles. The summed E-state index contributed by atoms with van der Waals surface area (Å²) in [5, 5.41) is 0. The van der Waals surface area contributed by atoms with Crippen LogP contribution in [0.5, 0.6) is 0 Å². The Kier molecular flexibility index (Phi) is 4.88. The predicted molar refractivity (Wildman–Crippen MR) is 112 cm³/mol. The van der Waals surface area contributed by atoms with E-state index in [1.165, 1.54) is 17.7 Å². The van der Waals surface area contributed by atoms with Gasteiger partial charge in [-0.3, -0.25) is 4.79 Å². The first-order valence-corrected chi connectivity index (χ1v) is 9.75. The quantitative estimate of drug-likeness (QED) is 0.844. The molecule has 2 aliphatic heterocycles. The van der Waals surface area contributed by atoms with E-state index < -0.39 is 0 Å². The second-order valence-electron chi connectivity index (χ2n) is 7.80. The summed E-state index contributed by atoms with van der Waals surface area (Å²) in [5.74, 6) is 1.19. The molecule has 2 unspecified atom stereocenters. The van der Waals surface area contributed by atoms with Crippen LogP contribution in [0.1, 0.15) is 29.3 Å². The third-order valence-electron chi connectivity index (χ3n) is 5.62. The minimum atomic E-state index is 0.133. The first kappa shape index (κ1) is 17.7. The van der Waals surface area contributed by atoms with E-state index in [2.05, 4.69) is 41.3 Å². The molecule has 0 saturated carbocycles. The van der Waals surface area contributed by atoms with Crippen molar-refractivity contribution in [3.63, 3.8) is 0 Å². The highest BCUT2D eigenvalue weighted by molar-refractivity contribution is 5.94.